The molecule has 0 spiro atoms. The second kappa shape index (κ2) is 14.6. The molecule has 0 radical (unpaired) electrons. The first-order valence-corrected chi connectivity index (χ1v) is 14.5. The van der Waals surface area contributed by atoms with Crippen LogP contribution >= 0.6 is 11.9 Å². The summed E-state index contributed by atoms with van der Waals surface area (Å²) in [6.07, 6.45) is 4.93. The molecule has 0 bridgehead atoms. The maximum atomic E-state index is 12.7. The van der Waals surface area contributed by atoms with E-state index in [9.17, 15) is 15.2 Å². The lowest BCUT2D eigenvalue weighted by molar-refractivity contribution is 0.0392. The van der Waals surface area contributed by atoms with Gasteiger partial charge in [-0.3, -0.25) is 0 Å². The molecule has 2 aromatic rings. The van der Waals surface area contributed by atoms with Gasteiger partial charge in [-0.05, 0) is 93.6 Å². The quantitative estimate of drug-likeness (QED) is 0.279. The zero-order valence-corrected chi connectivity index (χ0v) is 24.5. The lowest BCUT2D eigenvalue weighted by Crippen LogP contribution is -2.50. The largest absolute Gasteiger partial charge is 0.497 e. The third kappa shape index (κ3) is 10.4. The molecular formula is C31H43N3O4S. The molecule has 0 aliphatic heterocycles. The van der Waals surface area contributed by atoms with Crippen LogP contribution in [-0.2, 0) is 11.2 Å². The van der Waals surface area contributed by atoms with Gasteiger partial charge in [0.05, 0.1) is 25.3 Å². The number of amides is 1. The monoisotopic (exact) mass is 553 g/mol. The first-order valence-electron chi connectivity index (χ1n) is 13.8. The van der Waals surface area contributed by atoms with Crippen LogP contribution in [0, 0.1) is 16.7 Å². The molecule has 39 heavy (non-hydrogen) atoms. The van der Waals surface area contributed by atoms with Gasteiger partial charge in [-0.25, -0.2) is 9.10 Å². The minimum absolute atomic E-state index is 0.0441. The number of hydrogen-bond acceptors (Lipinski definition) is 7. The van der Waals surface area contributed by atoms with E-state index in [-0.39, 0.29) is 5.41 Å². The molecule has 1 aliphatic carbocycles. The standard InChI is InChI=1S/C31H43N3O4S/c1-30(2,3)38-29(36)33-27(21-24-11-6-5-7-12-24)28(35)22-34(39-26-15-13-25(37-4)14-16-26)23-31(19-10-20-32)17-8-9-18-31/h5-7,11-16,27-28,35H,8-10,17-19,21-23H2,1-4H3,(H,33,36). The fourth-order valence-corrected chi connectivity index (χ4v) is 6.29. The molecule has 2 N–H and O–H groups in total. The van der Waals surface area contributed by atoms with Crippen molar-refractivity contribution in [3.63, 3.8) is 0 Å². The zero-order valence-electron chi connectivity index (χ0n) is 23.7. The third-order valence-corrected chi connectivity index (χ3v) is 8.11. The molecule has 1 amide bonds. The Hall–Kier alpha value is -2.73. The highest BCUT2D eigenvalue weighted by Gasteiger charge is 2.37. The Kier molecular flexibility index (Phi) is 11.5. The van der Waals surface area contributed by atoms with Gasteiger partial charge in [0.25, 0.3) is 0 Å². The molecular weight excluding hydrogens is 510 g/mol. The average molecular weight is 554 g/mol. The highest BCUT2D eigenvalue weighted by molar-refractivity contribution is 7.97. The SMILES string of the molecule is COc1ccc(SN(CC(O)C(Cc2ccccc2)NC(=O)OC(C)(C)C)CC2(CCC#N)CCCC2)cc1. The summed E-state index contributed by atoms with van der Waals surface area (Å²) in [5.41, 5.74) is 0.425. The van der Waals surface area contributed by atoms with Crippen LogP contribution in [0.15, 0.2) is 59.5 Å². The van der Waals surface area contributed by atoms with Gasteiger partial charge in [0, 0.05) is 24.4 Å². The Morgan fingerprint density at radius 2 is 1.82 bits per heavy atom. The number of nitriles is 1. The molecule has 212 valence electrons. The number of carbonyl (C=O) groups is 1. The lowest BCUT2D eigenvalue weighted by Gasteiger charge is -2.36. The fourth-order valence-electron chi connectivity index (χ4n) is 5.17. The van der Waals surface area contributed by atoms with E-state index in [1.54, 1.807) is 19.1 Å². The zero-order chi connectivity index (χ0) is 28.3. The van der Waals surface area contributed by atoms with Crippen molar-refractivity contribution in [3.05, 3.63) is 60.2 Å². The summed E-state index contributed by atoms with van der Waals surface area (Å²) in [4.78, 5) is 13.8. The van der Waals surface area contributed by atoms with Gasteiger partial charge in [0.2, 0.25) is 0 Å². The molecule has 2 unspecified atom stereocenters. The van der Waals surface area contributed by atoms with Crippen molar-refractivity contribution < 1.29 is 19.4 Å². The topological polar surface area (TPSA) is 94.8 Å². The predicted molar refractivity (Wildman–Crippen MR) is 155 cm³/mol. The van der Waals surface area contributed by atoms with Crippen molar-refractivity contribution in [2.24, 2.45) is 5.41 Å². The highest BCUT2D eigenvalue weighted by atomic mass is 32.2. The van der Waals surface area contributed by atoms with Crippen LogP contribution in [0.4, 0.5) is 4.79 Å². The second-order valence-electron chi connectivity index (χ2n) is 11.5. The lowest BCUT2D eigenvalue weighted by atomic mass is 9.81. The third-order valence-electron chi connectivity index (χ3n) is 7.09. The van der Waals surface area contributed by atoms with Crippen molar-refractivity contribution in [2.45, 2.75) is 88.4 Å². The number of ether oxygens (including phenoxy) is 2. The minimum Gasteiger partial charge on any atom is -0.497 e. The van der Waals surface area contributed by atoms with E-state index in [4.69, 9.17) is 9.47 Å². The van der Waals surface area contributed by atoms with Crippen molar-refractivity contribution in [2.75, 3.05) is 20.2 Å². The summed E-state index contributed by atoms with van der Waals surface area (Å²) in [6.45, 7) is 6.57. The number of carbonyl (C=O) groups excluding carboxylic acids is 1. The number of hydrogen-bond donors (Lipinski definition) is 2. The molecule has 1 aliphatic rings. The number of nitrogens with zero attached hydrogens (tertiary/aromatic N) is 2. The summed E-state index contributed by atoms with van der Waals surface area (Å²) in [5.74, 6) is 0.789. The number of alkyl carbamates (subject to hydrolysis) is 1. The number of rotatable bonds is 13. The van der Waals surface area contributed by atoms with Gasteiger partial charge in [-0.1, -0.05) is 43.2 Å². The summed E-state index contributed by atoms with van der Waals surface area (Å²) in [7, 11) is 1.65. The van der Waals surface area contributed by atoms with Crippen LogP contribution in [0.5, 0.6) is 5.75 Å². The summed E-state index contributed by atoms with van der Waals surface area (Å²) >= 11 is 1.60. The number of methoxy groups -OCH3 is 1. The number of nitrogens with one attached hydrogen (secondary N) is 1. The van der Waals surface area contributed by atoms with Crippen molar-refractivity contribution in [1.82, 2.24) is 9.62 Å². The molecule has 1 saturated carbocycles. The maximum Gasteiger partial charge on any atom is 0.407 e. The Balaban J connectivity index is 1.83. The molecule has 2 atom stereocenters. The molecule has 3 rings (SSSR count). The van der Waals surface area contributed by atoms with Crippen molar-refractivity contribution >= 4 is 18.0 Å². The van der Waals surface area contributed by atoms with Crippen LogP contribution in [-0.4, -0.2) is 53.5 Å². The van der Waals surface area contributed by atoms with Gasteiger partial charge >= 0.3 is 6.09 Å². The van der Waals surface area contributed by atoms with Gasteiger partial charge in [-0.2, -0.15) is 5.26 Å². The van der Waals surface area contributed by atoms with E-state index >= 15 is 0 Å². The van der Waals surface area contributed by atoms with Gasteiger partial charge in [0.15, 0.2) is 0 Å². The highest BCUT2D eigenvalue weighted by Crippen LogP contribution is 2.44. The second-order valence-corrected chi connectivity index (χ2v) is 12.6. The average Bonchev–Trinajstić information content (AvgIpc) is 3.35. The first-order chi connectivity index (χ1) is 18.6. The molecule has 0 saturated heterocycles. The first kappa shape index (κ1) is 30.8. The minimum atomic E-state index is -0.849. The van der Waals surface area contributed by atoms with E-state index < -0.39 is 23.8 Å². The van der Waals surface area contributed by atoms with Crippen LogP contribution in [0.3, 0.4) is 0 Å². The van der Waals surface area contributed by atoms with E-state index in [0.29, 0.717) is 19.4 Å². The molecule has 7 nitrogen and oxygen atoms in total. The smallest absolute Gasteiger partial charge is 0.407 e. The van der Waals surface area contributed by atoms with Crippen LogP contribution in [0.2, 0.25) is 0 Å². The van der Waals surface area contributed by atoms with Gasteiger partial charge < -0.3 is 19.9 Å². The fraction of sp³-hybridized carbons (Fsp3) is 0.548. The summed E-state index contributed by atoms with van der Waals surface area (Å²) < 4.78 is 13.1. The van der Waals surface area contributed by atoms with Crippen LogP contribution in [0.1, 0.15) is 64.9 Å². The molecule has 0 aromatic heterocycles. The molecule has 8 heteroatoms. The summed E-state index contributed by atoms with van der Waals surface area (Å²) in [6, 6.07) is 19.5. The van der Waals surface area contributed by atoms with E-state index in [1.807, 2.05) is 75.4 Å². The number of aliphatic hydroxyl groups excluding tert-OH is 1. The molecule has 1 fully saturated rings. The Labute approximate surface area is 238 Å². The van der Waals surface area contributed by atoms with Gasteiger partial charge in [0.1, 0.15) is 11.4 Å². The number of aliphatic hydroxyl groups is 1. The Bertz CT molecular complexity index is 1060. The van der Waals surface area contributed by atoms with E-state index in [1.165, 1.54) is 0 Å². The van der Waals surface area contributed by atoms with Gasteiger partial charge in [-0.15, -0.1) is 0 Å². The van der Waals surface area contributed by atoms with E-state index in [2.05, 4.69) is 15.7 Å². The summed E-state index contributed by atoms with van der Waals surface area (Å²) in [5, 5.41) is 23.8. The maximum absolute atomic E-state index is 12.7. The Morgan fingerprint density at radius 3 is 2.41 bits per heavy atom. The number of benzene rings is 2. The normalized spacial score (nSPS) is 16.3. The van der Waals surface area contributed by atoms with Crippen molar-refractivity contribution in [1.29, 1.82) is 5.26 Å². The van der Waals surface area contributed by atoms with Crippen LogP contribution < -0.4 is 10.1 Å². The van der Waals surface area contributed by atoms with Crippen LogP contribution in [0.25, 0.3) is 0 Å². The Morgan fingerprint density at radius 1 is 1.15 bits per heavy atom. The van der Waals surface area contributed by atoms with E-state index in [0.717, 1.165) is 54.9 Å². The predicted octanol–water partition coefficient (Wildman–Crippen LogP) is 6.37. The molecule has 0 heterocycles. The molecule has 2 aromatic carbocycles. The van der Waals surface area contributed by atoms with Crippen molar-refractivity contribution in [3.8, 4) is 11.8 Å².